The molecule has 3 heteroatoms. The van der Waals surface area contributed by atoms with Gasteiger partial charge in [-0.15, -0.1) is 0 Å². The molecule has 3 nitrogen and oxygen atoms in total. The fourth-order valence-corrected chi connectivity index (χ4v) is 3.39. The molecule has 1 aromatic rings. The van der Waals surface area contributed by atoms with E-state index in [4.69, 9.17) is 5.10 Å². The topological polar surface area (TPSA) is 29.9 Å². The molecule has 18 heavy (non-hydrogen) atoms. The first-order valence-electron chi connectivity index (χ1n) is 7.44. The summed E-state index contributed by atoms with van der Waals surface area (Å²) in [5.41, 5.74) is 3.97. The smallest absolute Gasteiger partial charge is 0.0644 e. The molecule has 0 saturated heterocycles. The summed E-state index contributed by atoms with van der Waals surface area (Å²) in [6.45, 7) is 9.79. The van der Waals surface area contributed by atoms with Crippen LogP contribution in [0.1, 0.15) is 75.0 Å². The second kappa shape index (κ2) is 5.87. The monoisotopic (exact) mass is 249 g/mol. The van der Waals surface area contributed by atoms with Gasteiger partial charge in [-0.05, 0) is 40.2 Å². The molecule has 1 heterocycles. The van der Waals surface area contributed by atoms with Crippen LogP contribution in [0.4, 0.5) is 0 Å². The highest BCUT2D eigenvalue weighted by Crippen LogP contribution is 2.31. The Bertz CT molecular complexity index is 389. The Hall–Kier alpha value is -0.830. The van der Waals surface area contributed by atoms with Gasteiger partial charge < -0.3 is 5.32 Å². The van der Waals surface area contributed by atoms with Gasteiger partial charge in [-0.2, -0.15) is 5.10 Å². The third kappa shape index (κ3) is 2.61. The summed E-state index contributed by atoms with van der Waals surface area (Å²) < 4.78 is 2.30. The summed E-state index contributed by atoms with van der Waals surface area (Å²) in [6, 6.07) is 1.05. The summed E-state index contributed by atoms with van der Waals surface area (Å²) in [7, 11) is 0. The second-order valence-electron chi connectivity index (χ2n) is 5.60. The van der Waals surface area contributed by atoms with E-state index in [1.165, 1.54) is 49.1 Å². The van der Waals surface area contributed by atoms with Gasteiger partial charge in [-0.3, -0.25) is 4.68 Å². The molecule has 1 aromatic heterocycles. The lowest BCUT2D eigenvalue weighted by Gasteiger charge is -2.23. The normalized spacial score (nSPS) is 19.1. The zero-order valence-corrected chi connectivity index (χ0v) is 12.3. The van der Waals surface area contributed by atoms with Crippen LogP contribution >= 0.6 is 0 Å². The minimum absolute atomic E-state index is 0.410. The SMILES string of the molecule is CCNC(C)c1c(C)nn(C2CCCCC2)c1C. The predicted molar refractivity (Wildman–Crippen MR) is 75.9 cm³/mol. The highest BCUT2D eigenvalue weighted by atomic mass is 15.3. The molecule has 1 fully saturated rings. The van der Waals surface area contributed by atoms with Crippen LogP contribution in [-0.4, -0.2) is 16.3 Å². The van der Waals surface area contributed by atoms with E-state index in [1.807, 2.05) is 0 Å². The molecule has 1 atom stereocenters. The van der Waals surface area contributed by atoms with Gasteiger partial charge in [0.15, 0.2) is 0 Å². The van der Waals surface area contributed by atoms with Gasteiger partial charge in [-0.1, -0.05) is 26.2 Å². The van der Waals surface area contributed by atoms with Crippen LogP contribution in [0.5, 0.6) is 0 Å². The van der Waals surface area contributed by atoms with Crippen LogP contribution in [0.3, 0.4) is 0 Å². The van der Waals surface area contributed by atoms with E-state index in [0.717, 1.165) is 6.54 Å². The van der Waals surface area contributed by atoms with Gasteiger partial charge in [0.1, 0.15) is 0 Å². The van der Waals surface area contributed by atoms with Crippen molar-refractivity contribution < 1.29 is 0 Å². The molecule has 1 N–H and O–H groups in total. The number of hydrogen-bond acceptors (Lipinski definition) is 2. The zero-order chi connectivity index (χ0) is 13.1. The summed E-state index contributed by atoms with van der Waals surface area (Å²) in [6.07, 6.45) is 6.73. The summed E-state index contributed by atoms with van der Waals surface area (Å²) in [5.74, 6) is 0. The standard InChI is InChI=1S/C15H27N3/c1-5-16-11(2)15-12(3)17-18(13(15)4)14-9-7-6-8-10-14/h11,14,16H,5-10H2,1-4H3. The first-order chi connectivity index (χ1) is 8.65. The average Bonchev–Trinajstić information content (AvgIpc) is 2.66. The number of aromatic nitrogens is 2. The number of aryl methyl sites for hydroxylation is 1. The van der Waals surface area contributed by atoms with Crippen LogP contribution in [0.15, 0.2) is 0 Å². The lowest BCUT2D eigenvalue weighted by atomic mass is 9.95. The number of hydrogen-bond donors (Lipinski definition) is 1. The van der Waals surface area contributed by atoms with E-state index in [0.29, 0.717) is 12.1 Å². The highest BCUT2D eigenvalue weighted by Gasteiger charge is 2.22. The molecule has 0 aliphatic heterocycles. The first-order valence-corrected chi connectivity index (χ1v) is 7.44. The molecule has 0 bridgehead atoms. The minimum atomic E-state index is 0.410. The van der Waals surface area contributed by atoms with E-state index < -0.39 is 0 Å². The Labute approximate surface area is 111 Å². The van der Waals surface area contributed by atoms with Crippen LogP contribution < -0.4 is 5.32 Å². The Morgan fingerprint density at radius 1 is 1.28 bits per heavy atom. The molecular formula is C15H27N3. The van der Waals surface area contributed by atoms with Crippen molar-refractivity contribution in [3.05, 3.63) is 17.0 Å². The van der Waals surface area contributed by atoms with Gasteiger partial charge in [0, 0.05) is 17.3 Å². The fraction of sp³-hybridized carbons (Fsp3) is 0.800. The largest absolute Gasteiger partial charge is 0.310 e. The minimum Gasteiger partial charge on any atom is -0.310 e. The second-order valence-corrected chi connectivity index (χ2v) is 5.60. The van der Waals surface area contributed by atoms with Crippen LogP contribution in [0.25, 0.3) is 0 Å². The van der Waals surface area contributed by atoms with Crippen molar-refractivity contribution in [2.24, 2.45) is 0 Å². The number of nitrogens with zero attached hydrogens (tertiary/aromatic N) is 2. The van der Waals surface area contributed by atoms with E-state index in [9.17, 15) is 0 Å². The third-order valence-corrected chi connectivity index (χ3v) is 4.24. The Morgan fingerprint density at radius 2 is 1.94 bits per heavy atom. The van der Waals surface area contributed by atoms with Gasteiger partial charge >= 0.3 is 0 Å². The Kier molecular flexibility index (Phi) is 4.44. The predicted octanol–water partition coefficient (Wildman–Crippen LogP) is 3.68. The summed E-state index contributed by atoms with van der Waals surface area (Å²) >= 11 is 0. The van der Waals surface area contributed by atoms with E-state index in [1.54, 1.807) is 0 Å². The van der Waals surface area contributed by atoms with Gasteiger partial charge in [0.2, 0.25) is 0 Å². The maximum Gasteiger partial charge on any atom is 0.0644 e. The Balaban J connectivity index is 2.24. The zero-order valence-electron chi connectivity index (χ0n) is 12.3. The van der Waals surface area contributed by atoms with Crippen LogP contribution in [-0.2, 0) is 0 Å². The van der Waals surface area contributed by atoms with Gasteiger partial charge in [0.05, 0.1) is 11.7 Å². The lowest BCUT2D eigenvalue weighted by molar-refractivity contribution is 0.323. The van der Waals surface area contributed by atoms with Crippen LogP contribution in [0, 0.1) is 13.8 Å². The molecule has 0 radical (unpaired) electrons. The average molecular weight is 249 g/mol. The molecule has 1 saturated carbocycles. The van der Waals surface area contributed by atoms with Crippen molar-refractivity contribution in [2.45, 2.75) is 71.9 Å². The van der Waals surface area contributed by atoms with Crippen LogP contribution in [0.2, 0.25) is 0 Å². The van der Waals surface area contributed by atoms with E-state index in [2.05, 4.69) is 37.7 Å². The summed E-state index contributed by atoms with van der Waals surface area (Å²) in [5, 5.41) is 8.32. The number of nitrogens with one attached hydrogen (secondary N) is 1. The summed E-state index contributed by atoms with van der Waals surface area (Å²) in [4.78, 5) is 0. The molecule has 1 aliphatic carbocycles. The van der Waals surface area contributed by atoms with Crippen molar-refractivity contribution >= 4 is 0 Å². The van der Waals surface area contributed by atoms with Gasteiger partial charge in [-0.25, -0.2) is 0 Å². The number of rotatable bonds is 4. The molecule has 102 valence electrons. The first kappa shape index (κ1) is 13.6. The molecule has 2 rings (SSSR count). The van der Waals surface area contributed by atoms with Crippen molar-refractivity contribution in [1.29, 1.82) is 0 Å². The third-order valence-electron chi connectivity index (χ3n) is 4.24. The van der Waals surface area contributed by atoms with Gasteiger partial charge in [0.25, 0.3) is 0 Å². The van der Waals surface area contributed by atoms with Crippen molar-refractivity contribution in [1.82, 2.24) is 15.1 Å². The molecular weight excluding hydrogens is 222 g/mol. The maximum atomic E-state index is 4.81. The molecule has 0 spiro atoms. The molecule has 1 aliphatic rings. The Morgan fingerprint density at radius 3 is 2.56 bits per heavy atom. The van der Waals surface area contributed by atoms with E-state index in [-0.39, 0.29) is 0 Å². The van der Waals surface area contributed by atoms with Crippen molar-refractivity contribution in [2.75, 3.05) is 6.54 Å². The van der Waals surface area contributed by atoms with E-state index >= 15 is 0 Å². The van der Waals surface area contributed by atoms with Crippen molar-refractivity contribution in [3.63, 3.8) is 0 Å². The molecule has 0 amide bonds. The quantitative estimate of drug-likeness (QED) is 0.882. The highest BCUT2D eigenvalue weighted by molar-refractivity contribution is 5.28. The molecule has 1 unspecified atom stereocenters. The maximum absolute atomic E-state index is 4.81. The van der Waals surface area contributed by atoms with Crippen molar-refractivity contribution in [3.8, 4) is 0 Å². The fourth-order valence-electron chi connectivity index (χ4n) is 3.39. The molecule has 0 aromatic carbocycles. The lowest BCUT2D eigenvalue weighted by Crippen LogP contribution is -2.20.